The van der Waals surface area contributed by atoms with Crippen LogP contribution in [0.2, 0.25) is 0 Å². The Hall–Kier alpha value is -1.87. The van der Waals surface area contributed by atoms with E-state index in [9.17, 15) is 4.79 Å². The largest absolute Gasteiger partial charge is 0.464 e. The van der Waals surface area contributed by atoms with E-state index in [1.54, 1.807) is 0 Å². The second-order valence-electron chi connectivity index (χ2n) is 5.98. The molecule has 0 saturated carbocycles. The van der Waals surface area contributed by atoms with Crippen LogP contribution in [0.1, 0.15) is 65.7 Å². The van der Waals surface area contributed by atoms with Gasteiger partial charge in [0.1, 0.15) is 0 Å². The average molecular weight is 375 g/mol. The molecule has 0 heterocycles. The van der Waals surface area contributed by atoms with Crippen LogP contribution in [0.5, 0.6) is 0 Å². The topological polar surface area (TPSA) is 35.5 Å². The Bertz CT molecular complexity index is 484. The molecule has 1 atom stereocenters. The predicted octanol–water partition coefficient (Wildman–Crippen LogP) is 6.49. The Morgan fingerprint density at radius 1 is 0.704 bits per heavy atom. The molecule has 0 radical (unpaired) electrons. The van der Waals surface area contributed by atoms with Crippen molar-refractivity contribution >= 4 is 5.97 Å². The maximum Gasteiger partial charge on any atom is 0.335 e. The van der Waals surface area contributed by atoms with Gasteiger partial charge < -0.3 is 9.47 Å². The van der Waals surface area contributed by atoms with E-state index in [1.165, 1.54) is 0 Å². The Kier molecular flexibility index (Phi) is 19.0. The highest BCUT2D eigenvalue weighted by Gasteiger charge is 2.18. The smallest absolute Gasteiger partial charge is 0.335 e. The first-order valence-electron chi connectivity index (χ1n) is 10.3. The van der Waals surface area contributed by atoms with E-state index in [2.05, 4.69) is 67.7 Å². The highest BCUT2D eigenvalue weighted by Crippen LogP contribution is 2.06. The van der Waals surface area contributed by atoms with Crippen LogP contribution < -0.4 is 0 Å². The lowest BCUT2D eigenvalue weighted by Gasteiger charge is -2.14. The van der Waals surface area contributed by atoms with Gasteiger partial charge in [0, 0.05) is 6.61 Å². The summed E-state index contributed by atoms with van der Waals surface area (Å²) in [6.45, 7) is 6.77. The molecule has 1 unspecified atom stereocenters. The lowest BCUT2D eigenvalue weighted by molar-refractivity contribution is -0.156. The van der Waals surface area contributed by atoms with E-state index >= 15 is 0 Å². The molecular weight excluding hydrogens is 336 g/mol. The van der Waals surface area contributed by atoms with Crippen LogP contribution in [0.15, 0.2) is 60.8 Å². The number of carbonyl (C=O) groups is 1. The summed E-state index contributed by atoms with van der Waals surface area (Å²) in [6.07, 6.45) is 27.8. The summed E-state index contributed by atoms with van der Waals surface area (Å²) in [5.41, 5.74) is 0. The van der Waals surface area contributed by atoms with Crippen LogP contribution in [0.3, 0.4) is 0 Å². The quantitative estimate of drug-likeness (QED) is 0.229. The van der Waals surface area contributed by atoms with Gasteiger partial charge >= 0.3 is 5.97 Å². The summed E-state index contributed by atoms with van der Waals surface area (Å²) in [7, 11) is 0. The fourth-order valence-corrected chi connectivity index (χ4v) is 2.32. The van der Waals surface area contributed by atoms with Gasteiger partial charge in [0.25, 0.3) is 0 Å². The van der Waals surface area contributed by atoms with Crippen molar-refractivity contribution in [3.8, 4) is 0 Å². The number of esters is 1. The van der Waals surface area contributed by atoms with Crippen LogP contribution in [-0.4, -0.2) is 25.3 Å². The van der Waals surface area contributed by atoms with Crippen LogP contribution in [0.25, 0.3) is 0 Å². The molecule has 0 bridgehead atoms. The molecule has 0 N–H and O–H groups in total. The number of allylic oxidation sites excluding steroid dienone is 10. The molecule has 0 aliphatic heterocycles. The zero-order valence-corrected chi connectivity index (χ0v) is 17.4. The molecule has 0 rings (SSSR count). The minimum Gasteiger partial charge on any atom is -0.464 e. The molecule has 27 heavy (non-hydrogen) atoms. The normalized spacial score (nSPS) is 13.7. The first kappa shape index (κ1) is 25.1. The van der Waals surface area contributed by atoms with E-state index in [1.807, 2.05) is 13.8 Å². The lowest BCUT2D eigenvalue weighted by atomic mass is 10.2. The average Bonchev–Trinajstić information content (AvgIpc) is 2.67. The number of hydrogen-bond donors (Lipinski definition) is 0. The molecule has 0 spiro atoms. The second-order valence-corrected chi connectivity index (χ2v) is 5.98. The van der Waals surface area contributed by atoms with Crippen molar-refractivity contribution in [3.05, 3.63) is 60.8 Å². The van der Waals surface area contributed by atoms with Gasteiger partial charge in [-0.05, 0) is 58.8 Å². The first-order valence-corrected chi connectivity index (χ1v) is 10.3. The number of carbonyl (C=O) groups excluding carboxylic acids is 1. The standard InChI is InChI=1S/C24H38O3/c1-4-7-8-9-10-11-12-13-14-15-16-17-18-19-20-21-22-23(26-5-2)24(25)27-6-3/h7-8,10-11,13-14,16-17,19-20,23H,4-6,9,12,15,18,21-22H2,1-3H3. The van der Waals surface area contributed by atoms with Gasteiger partial charge in [-0.3, -0.25) is 0 Å². The monoisotopic (exact) mass is 374 g/mol. The van der Waals surface area contributed by atoms with E-state index < -0.39 is 6.10 Å². The Labute approximate surface area is 166 Å². The summed E-state index contributed by atoms with van der Waals surface area (Å²) in [5.74, 6) is -0.258. The molecule has 0 aromatic rings. The summed E-state index contributed by atoms with van der Waals surface area (Å²) in [4.78, 5) is 11.7. The zero-order valence-electron chi connectivity index (χ0n) is 17.4. The first-order chi connectivity index (χ1) is 13.3. The van der Waals surface area contributed by atoms with Gasteiger partial charge in [0.15, 0.2) is 6.10 Å². The molecule has 0 aromatic carbocycles. The van der Waals surface area contributed by atoms with Gasteiger partial charge in [-0.15, -0.1) is 0 Å². The highest BCUT2D eigenvalue weighted by molar-refractivity contribution is 5.74. The zero-order chi connectivity index (χ0) is 20.0. The lowest BCUT2D eigenvalue weighted by Crippen LogP contribution is -2.26. The van der Waals surface area contributed by atoms with Crippen molar-refractivity contribution < 1.29 is 14.3 Å². The summed E-state index contributed by atoms with van der Waals surface area (Å²) in [5, 5.41) is 0. The van der Waals surface area contributed by atoms with Gasteiger partial charge in [-0.2, -0.15) is 0 Å². The molecule has 3 nitrogen and oxygen atoms in total. The Balaban J connectivity index is 3.78. The predicted molar refractivity (Wildman–Crippen MR) is 116 cm³/mol. The van der Waals surface area contributed by atoms with Crippen molar-refractivity contribution in [1.82, 2.24) is 0 Å². The van der Waals surface area contributed by atoms with Crippen LogP contribution in [0.4, 0.5) is 0 Å². The summed E-state index contributed by atoms with van der Waals surface area (Å²) >= 11 is 0. The fourth-order valence-electron chi connectivity index (χ4n) is 2.32. The van der Waals surface area contributed by atoms with Crippen LogP contribution in [0, 0.1) is 0 Å². The molecule has 0 aromatic heterocycles. The van der Waals surface area contributed by atoms with E-state index in [0.29, 0.717) is 19.6 Å². The highest BCUT2D eigenvalue weighted by atomic mass is 16.6. The maximum atomic E-state index is 11.7. The fraction of sp³-hybridized carbons (Fsp3) is 0.542. The molecular formula is C24H38O3. The van der Waals surface area contributed by atoms with Crippen LogP contribution in [-0.2, 0) is 14.3 Å². The third-order valence-electron chi connectivity index (χ3n) is 3.67. The van der Waals surface area contributed by atoms with Crippen LogP contribution >= 0.6 is 0 Å². The van der Waals surface area contributed by atoms with Gasteiger partial charge in [0.05, 0.1) is 6.61 Å². The number of rotatable bonds is 16. The maximum absolute atomic E-state index is 11.7. The van der Waals surface area contributed by atoms with E-state index in [4.69, 9.17) is 9.47 Å². The molecule has 0 fully saturated rings. The molecule has 3 heteroatoms. The van der Waals surface area contributed by atoms with Gasteiger partial charge in [0.2, 0.25) is 0 Å². The third-order valence-corrected chi connectivity index (χ3v) is 3.67. The summed E-state index contributed by atoms with van der Waals surface area (Å²) < 4.78 is 10.5. The number of ether oxygens (including phenoxy) is 2. The summed E-state index contributed by atoms with van der Waals surface area (Å²) in [6, 6.07) is 0. The molecule has 0 aliphatic carbocycles. The number of hydrogen-bond acceptors (Lipinski definition) is 3. The minimum absolute atomic E-state index is 0.258. The third kappa shape index (κ3) is 17.3. The van der Waals surface area contributed by atoms with Gasteiger partial charge in [-0.25, -0.2) is 4.79 Å². The Morgan fingerprint density at radius 2 is 1.19 bits per heavy atom. The van der Waals surface area contributed by atoms with Crippen molar-refractivity contribution in [2.75, 3.05) is 13.2 Å². The van der Waals surface area contributed by atoms with Gasteiger partial charge in [-0.1, -0.05) is 67.7 Å². The van der Waals surface area contributed by atoms with Crippen molar-refractivity contribution in [1.29, 1.82) is 0 Å². The van der Waals surface area contributed by atoms with E-state index in [0.717, 1.165) is 38.5 Å². The van der Waals surface area contributed by atoms with Crippen molar-refractivity contribution in [2.45, 2.75) is 71.8 Å². The Morgan fingerprint density at radius 3 is 1.63 bits per heavy atom. The molecule has 0 saturated heterocycles. The SMILES string of the molecule is CCC=CCC=CCC=CCC=CCC=CCCC(OCC)C(=O)OCC. The molecule has 152 valence electrons. The van der Waals surface area contributed by atoms with Crippen molar-refractivity contribution in [3.63, 3.8) is 0 Å². The van der Waals surface area contributed by atoms with Crippen molar-refractivity contribution in [2.24, 2.45) is 0 Å². The minimum atomic E-state index is -0.447. The second kappa shape index (κ2) is 20.4. The molecule has 0 aliphatic rings. The van der Waals surface area contributed by atoms with E-state index in [-0.39, 0.29) is 5.97 Å². The molecule has 0 amide bonds.